The maximum absolute atomic E-state index is 10.2. The first-order valence-electron chi connectivity index (χ1n) is 8.23. The quantitative estimate of drug-likeness (QED) is 0.500. The molecule has 1 aliphatic rings. The molecule has 0 radical (unpaired) electrons. The second kappa shape index (κ2) is 6.32. The summed E-state index contributed by atoms with van der Waals surface area (Å²) in [7, 11) is 0. The summed E-state index contributed by atoms with van der Waals surface area (Å²) >= 11 is 0. The Morgan fingerprint density at radius 1 is 1.12 bits per heavy atom. The van der Waals surface area contributed by atoms with Crippen LogP contribution in [0.3, 0.4) is 0 Å². The zero-order chi connectivity index (χ0) is 18.4. The first kappa shape index (κ1) is 16.9. The molecule has 0 aliphatic carbocycles. The van der Waals surface area contributed by atoms with Crippen molar-refractivity contribution in [1.29, 1.82) is 0 Å². The number of anilines is 1. The lowest BCUT2D eigenvalue weighted by Crippen LogP contribution is -2.33. The third kappa shape index (κ3) is 2.54. The average molecular weight is 360 g/mol. The van der Waals surface area contributed by atoms with Crippen molar-refractivity contribution >= 4 is 17.0 Å². The zero-order valence-electron chi connectivity index (χ0n) is 14.3. The molecule has 10 heteroatoms. The molecule has 138 valence electrons. The third-order valence-electron chi connectivity index (χ3n) is 4.64. The Balaban J connectivity index is 1.72. The van der Waals surface area contributed by atoms with Crippen molar-refractivity contribution in [2.75, 3.05) is 12.0 Å². The van der Waals surface area contributed by atoms with Gasteiger partial charge in [0, 0.05) is 11.4 Å². The van der Waals surface area contributed by atoms with Gasteiger partial charge in [-0.25, -0.2) is 15.0 Å². The second-order valence-electron chi connectivity index (χ2n) is 6.34. The maximum Gasteiger partial charge on any atom is 0.176 e. The van der Waals surface area contributed by atoms with Crippen molar-refractivity contribution < 1.29 is 20.1 Å². The molecule has 4 heterocycles. The van der Waals surface area contributed by atoms with Crippen LogP contribution in [0.15, 0.2) is 24.8 Å². The number of hydrogen-bond acceptors (Lipinski definition) is 8. The number of aryl methyl sites for hydroxylation is 2. The topological polar surface area (TPSA) is 130 Å². The van der Waals surface area contributed by atoms with E-state index < -0.39 is 31.1 Å². The van der Waals surface area contributed by atoms with E-state index in [0.717, 1.165) is 11.4 Å². The van der Waals surface area contributed by atoms with Crippen LogP contribution in [0.4, 0.5) is 5.82 Å². The van der Waals surface area contributed by atoms with Crippen LogP contribution in [0.5, 0.6) is 0 Å². The Hall–Kier alpha value is -2.53. The molecular formula is C16H20N6O4. The molecule has 2 unspecified atom stereocenters. The van der Waals surface area contributed by atoms with E-state index >= 15 is 0 Å². The Kier molecular flexibility index (Phi) is 4.11. The number of fused-ring (bicyclic) bond motifs is 1. The van der Waals surface area contributed by atoms with Gasteiger partial charge in [0.25, 0.3) is 0 Å². The summed E-state index contributed by atoms with van der Waals surface area (Å²) in [5.41, 5.74) is 6.17. The minimum absolute atomic E-state index is 0.394. The highest BCUT2D eigenvalue weighted by Crippen LogP contribution is 2.32. The molecule has 4 rings (SSSR count). The number of aromatic nitrogens is 5. The first-order chi connectivity index (χ1) is 12.5. The smallest absolute Gasteiger partial charge is 0.176 e. The van der Waals surface area contributed by atoms with E-state index in [0.29, 0.717) is 17.0 Å². The van der Waals surface area contributed by atoms with Crippen molar-refractivity contribution in [2.45, 2.75) is 38.4 Å². The number of ether oxygens (including phenoxy) is 1. The molecule has 1 aliphatic heterocycles. The number of rotatable bonds is 4. The highest BCUT2D eigenvalue weighted by atomic mass is 16.6. The number of nitrogens with zero attached hydrogens (tertiary/aromatic N) is 5. The van der Waals surface area contributed by atoms with Crippen LogP contribution in [-0.2, 0) is 4.74 Å². The van der Waals surface area contributed by atoms with Crippen molar-refractivity contribution in [3.63, 3.8) is 0 Å². The van der Waals surface area contributed by atoms with Gasteiger partial charge in [0.15, 0.2) is 23.2 Å². The van der Waals surface area contributed by atoms with E-state index in [1.165, 1.54) is 17.2 Å². The average Bonchev–Trinajstić information content (AvgIpc) is 3.28. The molecule has 0 amide bonds. The summed E-state index contributed by atoms with van der Waals surface area (Å²) in [4.78, 5) is 12.8. The van der Waals surface area contributed by atoms with Crippen LogP contribution >= 0.6 is 0 Å². The van der Waals surface area contributed by atoms with Crippen LogP contribution in [0, 0.1) is 13.8 Å². The summed E-state index contributed by atoms with van der Waals surface area (Å²) in [5, 5.41) is 29.5. The highest BCUT2D eigenvalue weighted by molar-refractivity contribution is 5.82. The van der Waals surface area contributed by atoms with Gasteiger partial charge >= 0.3 is 0 Å². The predicted molar refractivity (Wildman–Crippen MR) is 91.3 cm³/mol. The lowest BCUT2D eigenvalue weighted by molar-refractivity contribution is -0.0511. The Labute approximate surface area is 148 Å². The highest BCUT2D eigenvalue weighted by Gasteiger charge is 2.44. The molecule has 3 aromatic rings. The molecule has 0 saturated carbocycles. The van der Waals surface area contributed by atoms with Gasteiger partial charge in [-0.3, -0.25) is 14.7 Å². The van der Waals surface area contributed by atoms with Crippen molar-refractivity contribution in [1.82, 2.24) is 24.2 Å². The number of hydrogen-bond donors (Lipinski definition) is 4. The van der Waals surface area contributed by atoms with E-state index in [-0.39, 0.29) is 0 Å². The predicted octanol–water partition coefficient (Wildman–Crippen LogP) is -0.269. The number of aliphatic hydroxyl groups is 3. The molecule has 0 spiro atoms. The summed E-state index contributed by atoms with van der Waals surface area (Å²) in [6.45, 7) is 3.54. The van der Waals surface area contributed by atoms with Gasteiger partial charge in [0.2, 0.25) is 0 Å². The van der Waals surface area contributed by atoms with Crippen LogP contribution < -0.4 is 5.43 Å². The minimum atomic E-state index is -1.20. The van der Waals surface area contributed by atoms with E-state index in [1.807, 2.05) is 30.7 Å². The molecule has 1 saturated heterocycles. The number of aliphatic hydroxyl groups excluding tert-OH is 3. The molecule has 0 aromatic carbocycles. The summed E-state index contributed by atoms with van der Waals surface area (Å²) < 4.78 is 8.97. The van der Waals surface area contributed by atoms with Crippen LogP contribution in [0.25, 0.3) is 11.2 Å². The fraction of sp³-hybridized carbons (Fsp3) is 0.438. The van der Waals surface area contributed by atoms with Gasteiger partial charge in [-0.1, -0.05) is 0 Å². The van der Waals surface area contributed by atoms with E-state index in [9.17, 15) is 15.3 Å². The second-order valence-corrected chi connectivity index (χ2v) is 6.34. The van der Waals surface area contributed by atoms with E-state index in [1.54, 1.807) is 0 Å². The molecule has 26 heavy (non-hydrogen) atoms. The minimum Gasteiger partial charge on any atom is -0.394 e. The monoisotopic (exact) mass is 360 g/mol. The van der Waals surface area contributed by atoms with Crippen LogP contribution in [0.2, 0.25) is 0 Å². The summed E-state index contributed by atoms with van der Waals surface area (Å²) in [6, 6.07) is 3.97. The van der Waals surface area contributed by atoms with Gasteiger partial charge < -0.3 is 20.1 Å². The number of imidazole rings is 1. The lowest BCUT2D eigenvalue weighted by Gasteiger charge is -2.16. The van der Waals surface area contributed by atoms with E-state index in [4.69, 9.17) is 4.74 Å². The SMILES string of the molecule is Cc1ccc(C)n1Nc1ncnc2c1ncn2[C@@H]1O[C@H](CO)C(O)C1O. The molecular weight excluding hydrogens is 340 g/mol. The van der Waals surface area contributed by atoms with Gasteiger partial charge in [-0.15, -0.1) is 0 Å². The number of nitrogens with one attached hydrogen (secondary N) is 1. The molecule has 1 fully saturated rings. The normalized spacial score (nSPS) is 25.9. The molecule has 0 bridgehead atoms. The summed E-state index contributed by atoms with van der Waals surface area (Å²) in [6.07, 6.45) is -1.29. The molecule has 10 nitrogen and oxygen atoms in total. The Morgan fingerprint density at radius 2 is 1.85 bits per heavy atom. The molecule has 4 N–H and O–H groups in total. The Morgan fingerprint density at radius 3 is 2.50 bits per heavy atom. The largest absolute Gasteiger partial charge is 0.394 e. The third-order valence-corrected chi connectivity index (χ3v) is 4.64. The van der Waals surface area contributed by atoms with Crippen molar-refractivity contribution in [3.05, 3.63) is 36.2 Å². The zero-order valence-corrected chi connectivity index (χ0v) is 14.3. The Bertz CT molecular complexity index is 919. The van der Waals surface area contributed by atoms with Crippen molar-refractivity contribution in [3.8, 4) is 0 Å². The van der Waals surface area contributed by atoms with Crippen LogP contribution in [-0.4, -0.2) is 64.4 Å². The van der Waals surface area contributed by atoms with Gasteiger partial charge in [0.05, 0.1) is 12.9 Å². The molecule has 4 atom stereocenters. The first-order valence-corrected chi connectivity index (χ1v) is 8.23. The molecule has 3 aromatic heterocycles. The van der Waals surface area contributed by atoms with Gasteiger partial charge in [-0.2, -0.15) is 0 Å². The van der Waals surface area contributed by atoms with Gasteiger partial charge in [-0.05, 0) is 26.0 Å². The van der Waals surface area contributed by atoms with Gasteiger partial charge in [0.1, 0.15) is 24.6 Å². The fourth-order valence-electron chi connectivity index (χ4n) is 3.18. The standard InChI is InChI=1S/C16H20N6O4/c1-8-3-4-9(2)22(8)20-14-11-15(18-6-17-14)21(7-19-11)16-13(25)12(24)10(5-23)26-16/h3-4,6-7,10,12-13,16,23-25H,5H2,1-2H3,(H,17,18,20)/t10-,12?,13?,16-/m1/s1. The van der Waals surface area contributed by atoms with Crippen LogP contribution in [0.1, 0.15) is 17.6 Å². The van der Waals surface area contributed by atoms with Crippen molar-refractivity contribution in [2.24, 2.45) is 0 Å². The summed E-state index contributed by atoms with van der Waals surface area (Å²) in [5.74, 6) is 0.503. The maximum atomic E-state index is 10.2. The fourth-order valence-corrected chi connectivity index (χ4v) is 3.18. The lowest BCUT2D eigenvalue weighted by atomic mass is 10.1. The van der Waals surface area contributed by atoms with E-state index in [2.05, 4.69) is 20.4 Å².